The van der Waals surface area contributed by atoms with E-state index in [1.165, 1.54) is 6.07 Å². The molecule has 2 aromatic rings. The zero-order valence-electron chi connectivity index (χ0n) is 12.6. The van der Waals surface area contributed by atoms with Gasteiger partial charge in [-0.25, -0.2) is 9.37 Å². The Balaban J connectivity index is 2.07. The number of ether oxygens (including phenoxy) is 1. The van der Waals surface area contributed by atoms with Crippen LogP contribution in [0.2, 0.25) is 0 Å². The van der Waals surface area contributed by atoms with Crippen molar-refractivity contribution in [2.24, 2.45) is 0 Å². The molecule has 0 spiro atoms. The molecular formula is C16H20FN3O. The minimum absolute atomic E-state index is 0.0958. The van der Waals surface area contributed by atoms with E-state index in [1.807, 2.05) is 19.9 Å². The summed E-state index contributed by atoms with van der Waals surface area (Å²) in [5.41, 5.74) is 1.48. The number of nitrogens with zero attached hydrogens (tertiary/aromatic N) is 2. The second kappa shape index (κ2) is 7.02. The Morgan fingerprint density at radius 1 is 1.33 bits per heavy atom. The highest BCUT2D eigenvalue weighted by Gasteiger charge is 2.09. The Morgan fingerprint density at radius 3 is 2.86 bits per heavy atom. The normalized spacial score (nSPS) is 12.0. The average Bonchev–Trinajstić information content (AvgIpc) is 2.48. The first-order valence-electron chi connectivity index (χ1n) is 7.08. The second-order valence-electron chi connectivity index (χ2n) is 4.94. The van der Waals surface area contributed by atoms with E-state index < -0.39 is 0 Å². The van der Waals surface area contributed by atoms with Crippen molar-refractivity contribution in [1.29, 1.82) is 0 Å². The minimum Gasteiger partial charge on any atom is -0.478 e. The number of halogens is 1. The fourth-order valence-electron chi connectivity index (χ4n) is 1.85. The van der Waals surface area contributed by atoms with Crippen LogP contribution in [0.4, 0.5) is 10.3 Å². The van der Waals surface area contributed by atoms with Crippen LogP contribution in [0, 0.1) is 12.7 Å². The summed E-state index contributed by atoms with van der Waals surface area (Å²) in [6, 6.07) is 6.82. The molecule has 0 bridgehead atoms. The van der Waals surface area contributed by atoms with Crippen LogP contribution in [-0.4, -0.2) is 16.6 Å². The second-order valence-corrected chi connectivity index (χ2v) is 4.94. The van der Waals surface area contributed by atoms with Crippen LogP contribution in [0.5, 0.6) is 5.88 Å². The lowest BCUT2D eigenvalue weighted by molar-refractivity contribution is 0.305. The number of nitrogens with one attached hydrogen (secondary N) is 1. The third-order valence-electron chi connectivity index (χ3n) is 3.13. The van der Waals surface area contributed by atoms with Gasteiger partial charge >= 0.3 is 0 Å². The molecule has 1 aromatic heterocycles. The number of rotatable bonds is 6. The molecule has 0 aliphatic rings. The first-order valence-corrected chi connectivity index (χ1v) is 7.08. The summed E-state index contributed by atoms with van der Waals surface area (Å²) in [5.74, 6) is 0.802. The molecule has 0 radical (unpaired) electrons. The quantitative estimate of drug-likeness (QED) is 0.876. The first kappa shape index (κ1) is 15.2. The van der Waals surface area contributed by atoms with Crippen molar-refractivity contribution in [3.05, 3.63) is 47.4 Å². The van der Waals surface area contributed by atoms with Gasteiger partial charge in [-0.3, -0.25) is 0 Å². The van der Waals surface area contributed by atoms with E-state index in [0.717, 1.165) is 12.0 Å². The maximum atomic E-state index is 13.6. The molecule has 0 fully saturated rings. The van der Waals surface area contributed by atoms with Gasteiger partial charge in [0.05, 0.1) is 12.6 Å². The lowest BCUT2D eigenvalue weighted by atomic mass is 10.1. The van der Waals surface area contributed by atoms with Gasteiger partial charge in [-0.15, -0.1) is 0 Å². The molecule has 1 atom stereocenters. The molecule has 1 N–H and O–H groups in total. The van der Waals surface area contributed by atoms with E-state index in [0.29, 0.717) is 24.0 Å². The van der Waals surface area contributed by atoms with Gasteiger partial charge in [-0.1, -0.05) is 19.1 Å². The smallest absolute Gasteiger partial charge is 0.226 e. The van der Waals surface area contributed by atoms with Gasteiger partial charge in [-0.2, -0.15) is 4.98 Å². The van der Waals surface area contributed by atoms with Crippen molar-refractivity contribution in [3.63, 3.8) is 0 Å². The van der Waals surface area contributed by atoms with E-state index in [4.69, 9.17) is 4.74 Å². The molecular weight excluding hydrogens is 269 g/mol. The molecule has 0 amide bonds. The highest BCUT2D eigenvalue weighted by Crippen LogP contribution is 2.20. The van der Waals surface area contributed by atoms with Crippen LogP contribution in [0.15, 0.2) is 30.5 Å². The van der Waals surface area contributed by atoms with E-state index in [2.05, 4.69) is 15.3 Å². The number of aromatic nitrogens is 2. The first-order chi connectivity index (χ1) is 10.1. The van der Waals surface area contributed by atoms with Crippen molar-refractivity contribution in [2.45, 2.75) is 33.2 Å². The topological polar surface area (TPSA) is 47.0 Å². The number of anilines is 1. The molecule has 0 aliphatic heterocycles. The zero-order chi connectivity index (χ0) is 15.2. The number of hydrogen-bond acceptors (Lipinski definition) is 4. The molecule has 4 nitrogen and oxygen atoms in total. The SMILES string of the molecule is CCCOc1ccnc(NC(C)c2ccc(C)c(F)c2)n1. The van der Waals surface area contributed by atoms with Crippen molar-refractivity contribution >= 4 is 5.95 Å². The van der Waals surface area contributed by atoms with Gasteiger partial charge in [-0.05, 0) is 37.5 Å². The van der Waals surface area contributed by atoms with E-state index in [1.54, 1.807) is 25.3 Å². The standard InChI is InChI=1S/C16H20FN3O/c1-4-9-21-15-7-8-18-16(20-15)19-12(3)13-6-5-11(2)14(17)10-13/h5-8,10,12H,4,9H2,1-3H3,(H,18,19,20). The van der Waals surface area contributed by atoms with Crippen molar-refractivity contribution in [2.75, 3.05) is 11.9 Å². The monoisotopic (exact) mass is 289 g/mol. The van der Waals surface area contributed by atoms with Crippen LogP contribution in [-0.2, 0) is 0 Å². The summed E-state index contributed by atoms with van der Waals surface area (Å²) >= 11 is 0. The molecule has 0 saturated carbocycles. The van der Waals surface area contributed by atoms with Crippen LogP contribution < -0.4 is 10.1 Å². The van der Waals surface area contributed by atoms with Gasteiger partial charge in [0.15, 0.2) is 0 Å². The highest BCUT2D eigenvalue weighted by atomic mass is 19.1. The molecule has 5 heteroatoms. The third-order valence-corrected chi connectivity index (χ3v) is 3.13. The molecule has 21 heavy (non-hydrogen) atoms. The van der Waals surface area contributed by atoms with E-state index in [9.17, 15) is 4.39 Å². The molecule has 1 aromatic carbocycles. The zero-order valence-corrected chi connectivity index (χ0v) is 12.6. The predicted octanol–water partition coefficient (Wildman–Crippen LogP) is 3.89. The van der Waals surface area contributed by atoms with Gasteiger partial charge < -0.3 is 10.1 Å². The third kappa shape index (κ3) is 4.15. The number of benzene rings is 1. The Hall–Kier alpha value is -2.17. The fourth-order valence-corrected chi connectivity index (χ4v) is 1.85. The molecule has 1 heterocycles. The minimum atomic E-state index is -0.206. The Morgan fingerprint density at radius 2 is 2.14 bits per heavy atom. The summed E-state index contributed by atoms with van der Waals surface area (Å²) in [4.78, 5) is 8.43. The lowest BCUT2D eigenvalue weighted by Gasteiger charge is -2.15. The lowest BCUT2D eigenvalue weighted by Crippen LogP contribution is -2.10. The van der Waals surface area contributed by atoms with Gasteiger partial charge in [0, 0.05) is 12.3 Å². The Bertz CT molecular complexity index is 604. The van der Waals surface area contributed by atoms with E-state index >= 15 is 0 Å². The average molecular weight is 289 g/mol. The van der Waals surface area contributed by atoms with Crippen LogP contribution in [0.1, 0.15) is 37.4 Å². The molecule has 0 aliphatic carbocycles. The highest BCUT2D eigenvalue weighted by molar-refractivity contribution is 5.34. The van der Waals surface area contributed by atoms with Crippen molar-refractivity contribution in [1.82, 2.24) is 9.97 Å². The molecule has 1 unspecified atom stereocenters. The summed E-state index contributed by atoms with van der Waals surface area (Å²) in [7, 11) is 0. The maximum Gasteiger partial charge on any atom is 0.226 e. The molecule has 2 rings (SSSR count). The van der Waals surface area contributed by atoms with Crippen molar-refractivity contribution < 1.29 is 9.13 Å². The van der Waals surface area contributed by atoms with Crippen LogP contribution in [0.25, 0.3) is 0 Å². The number of aryl methyl sites for hydroxylation is 1. The summed E-state index contributed by atoms with van der Waals surface area (Å²) < 4.78 is 19.1. The summed E-state index contributed by atoms with van der Waals surface area (Å²) in [5, 5.41) is 3.15. The molecule has 0 saturated heterocycles. The maximum absolute atomic E-state index is 13.6. The van der Waals surface area contributed by atoms with Crippen molar-refractivity contribution in [3.8, 4) is 5.88 Å². The predicted molar refractivity (Wildman–Crippen MR) is 81.0 cm³/mol. The van der Waals surface area contributed by atoms with Gasteiger partial charge in [0.1, 0.15) is 5.82 Å². The van der Waals surface area contributed by atoms with Gasteiger partial charge in [0.2, 0.25) is 11.8 Å². The van der Waals surface area contributed by atoms with Gasteiger partial charge in [0.25, 0.3) is 0 Å². The largest absolute Gasteiger partial charge is 0.478 e. The van der Waals surface area contributed by atoms with Crippen LogP contribution >= 0.6 is 0 Å². The molecule has 112 valence electrons. The van der Waals surface area contributed by atoms with Crippen LogP contribution in [0.3, 0.4) is 0 Å². The number of hydrogen-bond donors (Lipinski definition) is 1. The Kier molecular flexibility index (Phi) is 5.09. The summed E-state index contributed by atoms with van der Waals surface area (Å²) in [6.07, 6.45) is 2.56. The Labute approximate surface area is 124 Å². The fraction of sp³-hybridized carbons (Fsp3) is 0.375. The summed E-state index contributed by atoms with van der Waals surface area (Å²) in [6.45, 7) is 6.34. The van der Waals surface area contributed by atoms with E-state index in [-0.39, 0.29) is 11.9 Å².